The number of carbonyl (C=O) groups is 2. The van der Waals surface area contributed by atoms with Crippen molar-refractivity contribution in [1.29, 1.82) is 0 Å². The van der Waals surface area contributed by atoms with E-state index in [0.717, 1.165) is 32.5 Å². The third kappa shape index (κ3) is 3.48. The van der Waals surface area contributed by atoms with E-state index in [-0.39, 0.29) is 18.0 Å². The number of aldehydes is 1. The smallest absolute Gasteiger partial charge is 0.318 e. The maximum atomic E-state index is 11.8. The first-order valence-electron chi connectivity index (χ1n) is 5.74. The van der Waals surface area contributed by atoms with Gasteiger partial charge in [0, 0.05) is 26.2 Å². The standard InChI is InChI=1S/C11H21N3O2/c1-9(2)10(8-15)12-11(16)14-6-4-13(3)5-7-14/h8-10H,4-7H2,1-3H3,(H,12,16)/t10-/m1/s1. The van der Waals surface area contributed by atoms with Gasteiger partial charge in [-0.25, -0.2) is 4.79 Å². The summed E-state index contributed by atoms with van der Waals surface area (Å²) >= 11 is 0. The predicted octanol–water partition coefficient (Wildman–Crippen LogP) is 0.167. The van der Waals surface area contributed by atoms with Crippen LogP contribution < -0.4 is 5.32 Å². The number of urea groups is 1. The van der Waals surface area contributed by atoms with Crippen LogP contribution in [-0.4, -0.2) is 61.4 Å². The molecular formula is C11H21N3O2. The van der Waals surface area contributed by atoms with E-state index in [1.807, 2.05) is 20.9 Å². The number of nitrogens with zero attached hydrogens (tertiary/aromatic N) is 2. The molecule has 1 aliphatic rings. The topological polar surface area (TPSA) is 52.7 Å². The zero-order chi connectivity index (χ0) is 12.1. The molecule has 0 unspecified atom stereocenters. The summed E-state index contributed by atoms with van der Waals surface area (Å²) in [6.07, 6.45) is 0.804. The van der Waals surface area contributed by atoms with Crippen LogP contribution in [0.1, 0.15) is 13.8 Å². The molecule has 2 amide bonds. The molecule has 1 aliphatic heterocycles. The summed E-state index contributed by atoms with van der Waals surface area (Å²) in [6.45, 7) is 7.08. The van der Waals surface area contributed by atoms with Gasteiger partial charge in [0.1, 0.15) is 6.29 Å². The Morgan fingerprint density at radius 3 is 2.25 bits per heavy atom. The minimum absolute atomic E-state index is 0.126. The van der Waals surface area contributed by atoms with Crippen LogP contribution in [0, 0.1) is 5.92 Å². The molecule has 1 heterocycles. The lowest BCUT2D eigenvalue weighted by Crippen LogP contribution is -2.53. The summed E-state index contributed by atoms with van der Waals surface area (Å²) < 4.78 is 0. The van der Waals surface area contributed by atoms with E-state index >= 15 is 0 Å². The first kappa shape index (κ1) is 13.0. The van der Waals surface area contributed by atoms with Gasteiger partial charge in [-0.3, -0.25) is 0 Å². The molecule has 5 heteroatoms. The highest BCUT2D eigenvalue weighted by Gasteiger charge is 2.22. The Bertz CT molecular complexity index is 248. The summed E-state index contributed by atoms with van der Waals surface area (Å²) in [6, 6.07) is -0.508. The van der Waals surface area contributed by atoms with E-state index in [0.29, 0.717) is 0 Å². The monoisotopic (exact) mass is 227 g/mol. The van der Waals surface area contributed by atoms with Crippen LogP contribution in [0.3, 0.4) is 0 Å². The lowest BCUT2D eigenvalue weighted by atomic mass is 10.1. The quantitative estimate of drug-likeness (QED) is 0.699. The summed E-state index contributed by atoms with van der Waals surface area (Å²) in [7, 11) is 2.04. The maximum absolute atomic E-state index is 11.8. The van der Waals surface area contributed by atoms with Gasteiger partial charge in [-0.05, 0) is 13.0 Å². The van der Waals surface area contributed by atoms with Gasteiger partial charge in [-0.15, -0.1) is 0 Å². The molecule has 0 aliphatic carbocycles. The second-order valence-electron chi connectivity index (χ2n) is 4.65. The molecule has 0 aromatic heterocycles. The Hall–Kier alpha value is -1.10. The van der Waals surface area contributed by atoms with Crippen molar-refractivity contribution in [3.63, 3.8) is 0 Å². The van der Waals surface area contributed by atoms with Crippen molar-refractivity contribution in [2.75, 3.05) is 33.2 Å². The molecule has 0 radical (unpaired) electrons. The average molecular weight is 227 g/mol. The number of likely N-dealkylation sites (N-methyl/N-ethyl adjacent to an activating group) is 1. The molecule has 16 heavy (non-hydrogen) atoms. The van der Waals surface area contributed by atoms with Crippen molar-refractivity contribution in [3.05, 3.63) is 0 Å². The summed E-state index contributed by atoms with van der Waals surface area (Å²) in [5.41, 5.74) is 0. The first-order valence-corrected chi connectivity index (χ1v) is 5.74. The van der Waals surface area contributed by atoms with Gasteiger partial charge in [0.2, 0.25) is 0 Å². The van der Waals surface area contributed by atoms with E-state index in [4.69, 9.17) is 0 Å². The van der Waals surface area contributed by atoms with Gasteiger partial charge in [0.15, 0.2) is 0 Å². The fourth-order valence-electron chi connectivity index (χ4n) is 1.60. The molecule has 1 saturated heterocycles. The molecule has 0 aromatic rings. The molecule has 1 fully saturated rings. The van der Waals surface area contributed by atoms with E-state index < -0.39 is 0 Å². The highest BCUT2D eigenvalue weighted by atomic mass is 16.2. The van der Waals surface area contributed by atoms with Gasteiger partial charge in [-0.2, -0.15) is 0 Å². The molecule has 1 rings (SSSR count). The fraction of sp³-hybridized carbons (Fsp3) is 0.818. The molecule has 1 atom stereocenters. The van der Waals surface area contributed by atoms with Crippen LogP contribution in [0.15, 0.2) is 0 Å². The number of hydrogen-bond acceptors (Lipinski definition) is 3. The van der Waals surface area contributed by atoms with E-state index in [1.165, 1.54) is 0 Å². The molecule has 0 spiro atoms. The lowest BCUT2D eigenvalue weighted by Gasteiger charge is -2.33. The van der Waals surface area contributed by atoms with Gasteiger partial charge in [0.25, 0.3) is 0 Å². The molecular weight excluding hydrogens is 206 g/mol. The fourth-order valence-corrected chi connectivity index (χ4v) is 1.60. The van der Waals surface area contributed by atoms with Gasteiger partial charge in [-0.1, -0.05) is 13.8 Å². The molecule has 0 bridgehead atoms. The number of nitrogens with one attached hydrogen (secondary N) is 1. The highest BCUT2D eigenvalue weighted by molar-refractivity contribution is 5.78. The molecule has 92 valence electrons. The number of amides is 2. The van der Waals surface area contributed by atoms with Crippen LogP contribution in [-0.2, 0) is 4.79 Å². The van der Waals surface area contributed by atoms with Crippen molar-refractivity contribution < 1.29 is 9.59 Å². The average Bonchev–Trinajstić information content (AvgIpc) is 2.26. The highest BCUT2D eigenvalue weighted by Crippen LogP contribution is 2.03. The van der Waals surface area contributed by atoms with Crippen LogP contribution in [0.2, 0.25) is 0 Å². The minimum Gasteiger partial charge on any atom is -0.328 e. The Kier molecular flexibility index (Phi) is 4.73. The van der Waals surface area contributed by atoms with Crippen molar-refractivity contribution in [3.8, 4) is 0 Å². The summed E-state index contributed by atoms with van der Waals surface area (Å²) in [4.78, 5) is 26.5. The van der Waals surface area contributed by atoms with Crippen molar-refractivity contribution in [2.45, 2.75) is 19.9 Å². The van der Waals surface area contributed by atoms with Crippen molar-refractivity contribution >= 4 is 12.3 Å². The Morgan fingerprint density at radius 1 is 1.25 bits per heavy atom. The third-order valence-electron chi connectivity index (χ3n) is 2.95. The van der Waals surface area contributed by atoms with Crippen LogP contribution in [0.4, 0.5) is 4.79 Å². The Balaban J connectivity index is 2.42. The van der Waals surface area contributed by atoms with E-state index in [9.17, 15) is 9.59 Å². The van der Waals surface area contributed by atoms with Crippen LogP contribution in [0.25, 0.3) is 0 Å². The van der Waals surface area contributed by atoms with Crippen molar-refractivity contribution in [1.82, 2.24) is 15.1 Å². The van der Waals surface area contributed by atoms with E-state index in [2.05, 4.69) is 10.2 Å². The van der Waals surface area contributed by atoms with Crippen LogP contribution >= 0.6 is 0 Å². The largest absolute Gasteiger partial charge is 0.328 e. The molecule has 5 nitrogen and oxygen atoms in total. The SMILES string of the molecule is CC(C)[C@@H](C=O)NC(=O)N1CCN(C)CC1. The summed E-state index contributed by atoms with van der Waals surface area (Å²) in [5, 5.41) is 2.75. The van der Waals surface area contributed by atoms with Gasteiger partial charge >= 0.3 is 6.03 Å². The lowest BCUT2D eigenvalue weighted by molar-refractivity contribution is -0.110. The number of rotatable bonds is 3. The number of carbonyl (C=O) groups excluding carboxylic acids is 2. The second-order valence-corrected chi connectivity index (χ2v) is 4.65. The minimum atomic E-state index is -0.382. The number of hydrogen-bond donors (Lipinski definition) is 1. The molecule has 0 saturated carbocycles. The Labute approximate surface area is 96.8 Å². The van der Waals surface area contributed by atoms with Gasteiger partial charge < -0.3 is 19.9 Å². The van der Waals surface area contributed by atoms with Crippen LogP contribution in [0.5, 0.6) is 0 Å². The number of piperazine rings is 1. The zero-order valence-electron chi connectivity index (χ0n) is 10.3. The maximum Gasteiger partial charge on any atom is 0.318 e. The predicted molar refractivity (Wildman–Crippen MR) is 62.3 cm³/mol. The zero-order valence-corrected chi connectivity index (χ0v) is 10.3. The van der Waals surface area contributed by atoms with Crippen molar-refractivity contribution in [2.24, 2.45) is 5.92 Å². The Morgan fingerprint density at radius 2 is 1.81 bits per heavy atom. The molecule has 1 N–H and O–H groups in total. The van der Waals surface area contributed by atoms with Gasteiger partial charge in [0.05, 0.1) is 6.04 Å². The molecule has 0 aromatic carbocycles. The third-order valence-corrected chi connectivity index (χ3v) is 2.95. The normalized spacial score (nSPS) is 19.6. The van der Waals surface area contributed by atoms with E-state index in [1.54, 1.807) is 4.90 Å². The first-order chi connectivity index (χ1) is 7.54. The summed E-state index contributed by atoms with van der Waals surface area (Å²) in [5.74, 6) is 0.133. The second kappa shape index (κ2) is 5.84.